The van der Waals surface area contributed by atoms with Crippen molar-refractivity contribution in [3.63, 3.8) is 0 Å². The Morgan fingerprint density at radius 3 is 2.55 bits per heavy atom. The number of likely N-dealkylation sites (tertiary alicyclic amines) is 1. The predicted molar refractivity (Wildman–Crippen MR) is 85.1 cm³/mol. The second-order valence-corrected chi connectivity index (χ2v) is 7.06. The van der Waals surface area contributed by atoms with Crippen LogP contribution in [0.1, 0.15) is 52.4 Å². The maximum absolute atomic E-state index is 5.36. The van der Waals surface area contributed by atoms with Crippen LogP contribution in [0, 0.1) is 11.3 Å². The first-order chi connectivity index (χ1) is 9.71. The van der Waals surface area contributed by atoms with Crippen LogP contribution in [0.2, 0.25) is 0 Å². The lowest BCUT2D eigenvalue weighted by Gasteiger charge is -2.41. The molecule has 118 valence electrons. The molecule has 1 N–H and O–H groups in total. The molecule has 0 spiro atoms. The third-order valence-corrected chi connectivity index (χ3v) is 5.41. The van der Waals surface area contributed by atoms with Crippen LogP contribution >= 0.6 is 0 Å². The van der Waals surface area contributed by atoms with E-state index in [1.165, 1.54) is 64.7 Å². The van der Waals surface area contributed by atoms with Gasteiger partial charge in [-0.15, -0.1) is 0 Å². The van der Waals surface area contributed by atoms with Crippen LogP contribution in [0.15, 0.2) is 0 Å². The van der Waals surface area contributed by atoms with Gasteiger partial charge in [-0.25, -0.2) is 0 Å². The average molecular weight is 282 g/mol. The highest BCUT2D eigenvalue weighted by atomic mass is 16.5. The van der Waals surface area contributed by atoms with Crippen molar-refractivity contribution >= 4 is 0 Å². The number of rotatable bonds is 9. The molecule has 0 radical (unpaired) electrons. The Labute approximate surface area is 125 Å². The van der Waals surface area contributed by atoms with Gasteiger partial charge in [0.1, 0.15) is 0 Å². The Balaban J connectivity index is 1.85. The number of nitrogens with one attached hydrogen (secondary N) is 1. The molecule has 3 nitrogen and oxygen atoms in total. The normalized spacial score (nSPS) is 25.1. The minimum atomic E-state index is 0.470. The first-order valence-corrected chi connectivity index (χ1v) is 8.66. The maximum Gasteiger partial charge on any atom is 0.0502 e. The van der Waals surface area contributed by atoms with E-state index in [1.54, 1.807) is 0 Å². The van der Waals surface area contributed by atoms with Crippen LogP contribution < -0.4 is 5.32 Å². The standard InChI is InChI=1S/C17H34N2O/c1-4-17(5-2,13-18-16-8-9-16)14-19-10-6-7-15(11-19)12-20-3/h15-16,18H,4-14H2,1-3H3. The fraction of sp³-hybridized carbons (Fsp3) is 1.00. The minimum absolute atomic E-state index is 0.470. The molecule has 1 saturated heterocycles. The van der Waals surface area contributed by atoms with Gasteiger partial charge < -0.3 is 15.0 Å². The van der Waals surface area contributed by atoms with Gasteiger partial charge in [-0.05, 0) is 56.4 Å². The van der Waals surface area contributed by atoms with Crippen molar-refractivity contribution in [2.45, 2.75) is 58.4 Å². The van der Waals surface area contributed by atoms with Gasteiger partial charge in [-0.1, -0.05) is 13.8 Å². The lowest BCUT2D eigenvalue weighted by Crippen LogP contribution is -2.47. The molecule has 0 aromatic heterocycles. The van der Waals surface area contributed by atoms with E-state index in [4.69, 9.17) is 4.74 Å². The number of nitrogens with zero attached hydrogens (tertiary/aromatic N) is 1. The highest BCUT2D eigenvalue weighted by Gasteiger charge is 2.33. The van der Waals surface area contributed by atoms with E-state index in [0.29, 0.717) is 5.41 Å². The summed E-state index contributed by atoms with van der Waals surface area (Å²) in [5, 5.41) is 3.77. The molecule has 0 aromatic carbocycles. The van der Waals surface area contributed by atoms with Crippen molar-refractivity contribution < 1.29 is 4.74 Å². The van der Waals surface area contributed by atoms with E-state index < -0.39 is 0 Å². The molecule has 2 fully saturated rings. The van der Waals surface area contributed by atoms with E-state index in [2.05, 4.69) is 24.1 Å². The first-order valence-electron chi connectivity index (χ1n) is 8.66. The SMILES string of the molecule is CCC(CC)(CNC1CC1)CN1CCCC(COC)C1. The molecule has 1 saturated carbocycles. The highest BCUT2D eigenvalue weighted by molar-refractivity contribution is 4.89. The van der Waals surface area contributed by atoms with Crippen LogP contribution in [-0.2, 0) is 4.74 Å². The van der Waals surface area contributed by atoms with Crippen molar-refractivity contribution in [3.05, 3.63) is 0 Å². The smallest absolute Gasteiger partial charge is 0.0502 e. The lowest BCUT2D eigenvalue weighted by molar-refractivity contribution is 0.0586. The Kier molecular flexibility index (Phi) is 6.31. The summed E-state index contributed by atoms with van der Waals surface area (Å²) in [6.45, 7) is 10.7. The Bertz CT molecular complexity index is 272. The summed E-state index contributed by atoms with van der Waals surface area (Å²) < 4.78 is 5.36. The van der Waals surface area contributed by atoms with Crippen molar-refractivity contribution in [2.24, 2.45) is 11.3 Å². The zero-order valence-corrected chi connectivity index (χ0v) is 13.8. The molecule has 0 aromatic rings. The van der Waals surface area contributed by atoms with Crippen LogP contribution in [0.25, 0.3) is 0 Å². The third-order valence-electron chi connectivity index (χ3n) is 5.41. The van der Waals surface area contributed by atoms with Crippen molar-refractivity contribution in [1.82, 2.24) is 10.2 Å². The van der Waals surface area contributed by atoms with Gasteiger partial charge in [-0.3, -0.25) is 0 Å². The van der Waals surface area contributed by atoms with Gasteiger partial charge in [0, 0.05) is 32.8 Å². The zero-order chi connectivity index (χ0) is 14.4. The molecular formula is C17H34N2O. The van der Waals surface area contributed by atoms with E-state index in [0.717, 1.165) is 18.6 Å². The Morgan fingerprint density at radius 1 is 1.20 bits per heavy atom. The zero-order valence-electron chi connectivity index (χ0n) is 13.8. The summed E-state index contributed by atoms with van der Waals surface area (Å²) in [6, 6.07) is 0.829. The number of ether oxygens (including phenoxy) is 1. The molecule has 3 heteroatoms. The highest BCUT2D eigenvalue weighted by Crippen LogP contribution is 2.31. The van der Waals surface area contributed by atoms with Crippen molar-refractivity contribution in [3.8, 4) is 0 Å². The van der Waals surface area contributed by atoms with Crippen LogP contribution in [0.4, 0.5) is 0 Å². The van der Waals surface area contributed by atoms with E-state index in [-0.39, 0.29) is 0 Å². The minimum Gasteiger partial charge on any atom is -0.384 e. The average Bonchev–Trinajstić information content (AvgIpc) is 3.29. The lowest BCUT2D eigenvalue weighted by atomic mass is 9.80. The van der Waals surface area contributed by atoms with E-state index in [9.17, 15) is 0 Å². The topological polar surface area (TPSA) is 24.5 Å². The number of hydrogen-bond donors (Lipinski definition) is 1. The number of piperidine rings is 1. The molecule has 1 aliphatic carbocycles. The maximum atomic E-state index is 5.36. The van der Waals surface area contributed by atoms with Crippen LogP contribution in [-0.4, -0.2) is 50.8 Å². The summed E-state index contributed by atoms with van der Waals surface area (Å²) in [4.78, 5) is 2.70. The fourth-order valence-electron chi connectivity index (χ4n) is 3.57. The van der Waals surface area contributed by atoms with Gasteiger partial charge in [0.25, 0.3) is 0 Å². The molecule has 20 heavy (non-hydrogen) atoms. The summed E-state index contributed by atoms with van der Waals surface area (Å²) in [5.74, 6) is 0.747. The van der Waals surface area contributed by atoms with E-state index in [1.807, 2.05) is 7.11 Å². The largest absolute Gasteiger partial charge is 0.384 e. The molecule has 2 rings (SSSR count). The van der Waals surface area contributed by atoms with Crippen molar-refractivity contribution in [1.29, 1.82) is 0 Å². The second kappa shape index (κ2) is 7.77. The predicted octanol–water partition coefficient (Wildman–Crippen LogP) is 2.90. The molecule has 0 bridgehead atoms. The Morgan fingerprint density at radius 2 is 1.95 bits per heavy atom. The molecule has 0 amide bonds. The fourth-order valence-corrected chi connectivity index (χ4v) is 3.57. The molecule has 1 unspecified atom stereocenters. The third kappa shape index (κ3) is 4.71. The molecule has 1 aliphatic heterocycles. The molecule has 1 heterocycles. The monoisotopic (exact) mass is 282 g/mol. The number of hydrogen-bond acceptors (Lipinski definition) is 3. The van der Waals surface area contributed by atoms with Crippen LogP contribution in [0.3, 0.4) is 0 Å². The molecule has 2 aliphatic rings. The first kappa shape index (κ1) is 16.3. The molecular weight excluding hydrogens is 248 g/mol. The number of methoxy groups -OCH3 is 1. The van der Waals surface area contributed by atoms with Gasteiger partial charge >= 0.3 is 0 Å². The van der Waals surface area contributed by atoms with Crippen LogP contribution in [0.5, 0.6) is 0 Å². The van der Waals surface area contributed by atoms with Gasteiger partial charge in [0.2, 0.25) is 0 Å². The summed E-state index contributed by atoms with van der Waals surface area (Å²) >= 11 is 0. The summed E-state index contributed by atoms with van der Waals surface area (Å²) in [7, 11) is 1.83. The van der Waals surface area contributed by atoms with Crippen molar-refractivity contribution in [2.75, 3.05) is 39.9 Å². The van der Waals surface area contributed by atoms with Gasteiger partial charge in [-0.2, -0.15) is 0 Å². The van der Waals surface area contributed by atoms with Gasteiger partial charge in [0.05, 0.1) is 6.61 Å². The summed E-state index contributed by atoms with van der Waals surface area (Å²) in [5.41, 5.74) is 0.470. The Hall–Kier alpha value is -0.120. The quantitative estimate of drug-likeness (QED) is 0.704. The van der Waals surface area contributed by atoms with E-state index >= 15 is 0 Å². The summed E-state index contributed by atoms with van der Waals surface area (Å²) in [6.07, 6.45) is 8.04. The molecule has 1 atom stereocenters. The second-order valence-electron chi connectivity index (χ2n) is 7.06. The van der Waals surface area contributed by atoms with Gasteiger partial charge in [0.15, 0.2) is 0 Å².